The lowest BCUT2D eigenvalue weighted by atomic mass is 9.94. The molecule has 41 heavy (non-hydrogen) atoms. The molecule has 0 fully saturated rings. The number of aromatic nitrogens is 1. The fourth-order valence-corrected chi connectivity index (χ4v) is 5.22. The van der Waals surface area contributed by atoms with E-state index in [1.54, 1.807) is 12.1 Å². The lowest BCUT2D eigenvalue weighted by Gasteiger charge is -2.19. The molecule has 0 aliphatic carbocycles. The summed E-state index contributed by atoms with van der Waals surface area (Å²) in [5.41, 5.74) is 5.21. The third-order valence-corrected chi connectivity index (χ3v) is 7.04. The van der Waals surface area contributed by atoms with Crippen molar-refractivity contribution in [3.8, 4) is 22.4 Å². The molecule has 1 heterocycles. The van der Waals surface area contributed by atoms with Crippen LogP contribution < -0.4 is 5.32 Å². The molecule has 4 rings (SSSR count). The number of ketones is 1. The van der Waals surface area contributed by atoms with E-state index in [1.807, 2.05) is 91.2 Å². The van der Waals surface area contributed by atoms with Crippen LogP contribution in [0, 0.1) is 0 Å². The molecule has 1 atom stereocenters. The van der Waals surface area contributed by atoms with Crippen LogP contribution in [0.4, 0.5) is 5.69 Å². The molecule has 0 bridgehead atoms. The van der Waals surface area contributed by atoms with Crippen LogP contribution in [0.2, 0.25) is 5.02 Å². The average Bonchev–Trinajstić information content (AvgIpc) is 3.28. The molecule has 212 valence electrons. The predicted molar refractivity (Wildman–Crippen MR) is 161 cm³/mol. The number of carboxylic acids is 1. The summed E-state index contributed by atoms with van der Waals surface area (Å²) >= 11 is 6.23. The SMILES string of the molecule is CC(C)c1c(C(=O)Nc2ccccc2)c(-c2ccccc2)c(-c2ccc(Cl)cc2)n1CC[C@@H](O)CC(=O)CC(=O)O. The number of nitrogens with one attached hydrogen (secondary N) is 1. The van der Waals surface area contributed by atoms with Crippen LogP contribution >= 0.6 is 11.6 Å². The zero-order chi connectivity index (χ0) is 29.5. The molecule has 7 nitrogen and oxygen atoms in total. The minimum Gasteiger partial charge on any atom is -0.481 e. The first-order valence-corrected chi connectivity index (χ1v) is 13.9. The molecule has 0 aliphatic rings. The van der Waals surface area contributed by atoms with Crippen molar-refractivity contribution in [2.75, 3.05) is 5.32 Å². The first-order valence-electron chi connectivity index (χ1n) is 13.5. The van der Waals surface area contributed by atoms with E-state index in [0.717, 1.165) is 28.1 Å². The fraction of sp³-hybridized carbons (Fsp3) is 0.242. The summed E-state index contributed by atoms with van der Waals surface area (Å²) in [6.07, 6.45) is -1.73. The van der Waals surface area contributed by atoms with Crippen molar-refractivity contribution in [3.63, 3.8) is 0 Å². The number of carboxylic acid groups (broad SMARTS) is 1. The molecular weight excluding hydrogens is 540 g/mol. The number of benzene rings is 3. The number of carbonyl (C=O) groups excluding carboxylic acids is 2. The maximum Gasteiger partial charge on any atom is 0.310 e. The molecule has 0 spiro atoms. The molecule has 0 aliphatic heterocycles. The number of Topliss-reactive ketones (excluding diaryl/α,β-unsaturated/α-hetero) is 1. The molecule has 3 N–H and O–H groups in total. The van der Waals surface area contributed by atoms with E-state index in [2.05, 4.69) is 5.32 Å². The van der Waals surface area contributed by atoms with Crippen molar-refractivity contribution in [2.24, 2.45) is 0 Å². The van der Waals surface area contributed by atoms with E-state index in [0.29, 0.717) is 22.8 Å². The summed E-state index contributed by atoms with van der Waals surface area (Å²) in [4.78, 5) is 37.1. The van der Waals surface area contributed by atoms with Gasteiger partial charge in [-0.15, -0.1) is 0 Å². The van der Waals surface area contributed by atoms with Crippen LogP contribution in [-0.4, -0.2) is 38.5 Å². The monoisotopic (exact) mass is 572 g/mol. The van der Waals surface area contributed by atoms with Gasteiger partial charge < -0.3 is 20.1 Å². The first kappa shape index (κ1) is 29.8. The molecule has 3 aromatic carbocycles. The minimum atomic E-state index is -1.22. The van der Waals surface area contributed by atoms with Crippen LogP contribution in [0.1, 0.15) is 55.1 Å². The van der Waals surface area contributed by atoms with E-state index in [9.17, 15) is 19.5 Å². The maximum absolute atomic E-state index is 14.1. The molecule has 0 radical (unpaired) electrons. The van der Waals surface area contributed by atoms with E-state index < -0.39 is 24.3 Å². The van der Waals surface area contributed by atoms with Gasteiger partial charge in [0, 0.05) is 34.9 Å². The third kappa shape index (κ3) is 7.31. The van der Waals surface area contributed by atoms with E-state index in [-0.39, 0.29) is 24.7 Å². The molecule has 0 saturated heterocycles. The van der Waals surface area contributed by atoms with Crippen LogP contribution in [0.5, 0.6) is 0 Å². The lowest BCUT2D eigenvalue weighted by Crippen LogP contribution is -2.20. The van der Waals surface area contributed by atoms with Crippen LogP contribution in [0.3, 0.4) is 0 Å². The Kier molecular flexibility index (Phi) is 9.76. The van der Waals surface area contributed by atoms with Crippen molar-refractivity contribution in [3.05, 3.63) is 101 Å². The molecule has 0 unspecified atom stereocenters. The molecule has 1 aromatic heterocycles. The van der Waals surface area contributed by atoms with Gasteiger partial charge >= 0.3 is 5.97 Å². The first-order chi connectivity index (χ1) is 19.7. The Morgan fingerprint density at radius 3 is 2.07 bits per heavy atom. The van der Waals surface area contributed by atoms with Crippen LogP contribution in [-0.2, 0) is 16.1 Å². The summed E-state index contributed by atoms with van der Waals surface area (Å²) in [5, 5.41) is 23.3. The van der Waals surface area contributed by atoms with Gasteiger partial charge in [0.15, 0.2) is 0 Å². The van der Waals surface area contributed by atoms with Gasteiger partial charge in [-0.05, 0) is 47.7 Å². The number of halogens is 1. The average molecular weight is 573 g/mol. The highest BCUT2D eigenvalue weighted by atomic mass is 35.5. The van der Waals surface area contributed by atoms with Crippen molar-refractivity contribution in [2.45, 2.75) is 51.7 Å². The van der Waals surface area contributed by atoms with Gasteiger partial charge in [-0.25, -0.2) is 0 Å². The highest BCUT2D eigenvalue weighted by molar-refractivity contribution is 6.30. The predicted octanol–water partition coefficient (Wildman–Crippen LogP) is 7.04. The molecule has 1 amide bonds. The number of aliphatic hydroxyl groups excluding tert-OH is 1. The second kappa shape index (κ2) is 13.4. The number of hydrogen-bond acceptors (Lipinski definition) is 4. The summed E-state index contributed by atoms with van der Waals surface area (Å²) < 4.78 is 2.04. The number of rotatable bonds is 12. The Morgan fingerprint density at radius 2 is 1.49 bits per heavy atom. The van der Waals surface area contributed by atoms with Gasteiger partial charge in [0.1, 0.15) is 12.2 Å². The number of nitrogens with zero attached hydrogens (tertiary/aromatic N) is 1. The molecule has 8 heteroatoms. The Hall–Kier alpha value is -4.20. The van der Waals surface area contributed by atoms with E-state index in [4.69, 9.17) is 16.7 Å². The van der Waals surface area contributed by atoms with Crippen molar-refractivity contribution < 1.29 is 24.6 Å². The Bertz CT molecular complexity index is 1510. The van der Waals surface area contributed by atoms with Crippen molar-refractivity contribution in [1.82, 2.24) is 4.57 Å². The van der Waals surface area contributed by atoms with Gasteiger partial charge in [-0.1, -0.05) is 86.1 Å². The molecular formula is C33H33ClN2O5. The molecule has 4 aromatic rings. The van der Waals surface area contributed by atoms with Crippen molar-refractivity contribution >= 4 is 34.9 Å². The standard InChI is InChI=1S/C33H33ClN2O5/c1-21(2)31-30(33(41)35-25-11-7-4-8-12-25)29(22-9-5-3-6-10-22)32(23-13-15-24(34)16-14-23)36(31)18-17-26(37)19-27(38)20-28(39)40/h3-16,21,26,37H,17-20H2,1-2H3,(H,35,41)(H,39,40)/t26-/m1/s1. The zero-order valence-electron chi connectivity index (χ0n) is 23.0. The normalized spacial score (nSPS) is 11.8. The van der Waals surface area contributed by atoms with Crippen molar-refractivity contribution in [1.29, 1.82) is 0 Å². The Balaban J connectivity index is 1.90. The van der Waals surface area contributed by atoms with Gasteiger partial charge in [-0.3, -0.25) is 14.4 Å². The van der Waals surface area contributed by atoms with Gasteiger partial charge in [0.2, 0.25) is 0 Å². The largest absolute Gasteiger partial charge is 0.481 e. The number of amides is 1. The van der Waals surface area contributed by atoms with Gasteiger partial charge in [0.25, 0.3) is 5.91 Å². The van der Waals surface area contributed by atoms with Gasteiger partial charge in [0.05, 0.1) is 17.4 Å². The van der Waals surface area contributed by atoms with Crippen LogP contribution in [0.15, 0.2) is 84.9 Å². The Labute approximate surface area is 244 Å². The summed E-state index contributed by atoms with van der Waals surface area (Å²) in [6.45, 7) is 4.32. The zero-order valence-corrected chi connectivity index (χ0v) is 23.8. The highest BCUT2D eigenvalue weighted by Crippen LogP contribution is 2.42. The summed E-state index contributed by atoms with van der Waals surface area (Å²) in [6, 6.07) is 26.3. The number of hydrogen-bond donors (Lipinski definition) is 3. The Morgan fingerprint density at radius 1 is 0.878 bits per heavy atom. The quantitative estimate of drug-likeness (QED) is 0.158. The van der Waals surface area contributed by atoms with Crippen LogP contribution in [0.25, 0.3) is 22.4 Å². The maximum atomic E-state index is 14.1. The minimum absolute atomic E-state index is 0.0826. The summed E-state index contributed by atoms with van der Waals surface area (Å²) in [5.74, 6) is -2.10. The third-order valence-electron chi connectivity index (χ3n) is 6.79. The highest BCUT2D eigenvalue weighted by Gasteiger charge is 2.30. The fourth-order valence-electron chi connectivity index (χ4n) is 5.09. The number of aliphatic hydroxyl groups is 1. The number of para-hydroxylation sites is 1. The van der Waals surface area contributed by atoms with E-state index in [1.165, 1.54) is 0 Å². The second-order valence-electron chi connectivity index (χ2n) is 10.2. The van der Waals surface area contributed by atoms with E-state index >= 15 is 0 Å². The number of carbonyl (C=O) groups is 3. The number of anilines is 1. The number of aliphatic carboxylic acids is 1. The van der Waals surface area contributed by atoms with Gasteiger partial charge in [-0.2, -0.15) is 0 Å². The second-order valence-corrected chi connectivity index (χ2v) is 10.7. The molecule has 0 saturated carbocycles. The topological polar surface area (TPSA) is 109 Å². The summed E-state index contributed by atoms with van der Waals surface area (Å²) in [7, 11) is 0. The lowest BCUT2D eigenvalue weighted by molar-refractivity contribution is -0.140. The smallest absolute Gasteiger partial charge is 0.310 e.